The van der Waals surface area contributed by atoms with Gasteiger partial charge in [0.1, 0.15) is 5.54 Å². The van der Waals surface area contributed by atoms with E-state index in [9.17, 15) is 9.59 Å². The number of primary amides is 1. The van der Waals surface area contributed by atoms with Crippen molar-refractivity contribution in [3.8, 4) is 0 Å². The Morgan fingerprint density at radius 2 is 1.79 bits per heavy atom. The molecule has 1 saturated carbocycles. The molecule has 1 aliphatic carbocycles. The van der Waals surface area contributed by atoms with Gasteiger partial charge in [-0.25, -0.2) is 0 Å². The van der Waals surface area contributed by atoms with Gasteiger partial charge in [-0.2, -0.15) is 0 Å². The molecule has 0 spiro atoms. The first-order valence-corrected chi connectivity index (χ1v) is 5.05. The van der Waals surface area contributed by atoms with Gasteiger partial charge in [0, 0.05) is 5.92 Å². The highest BCUT2D eigenvalue weighted by atomic mass is 16.2. The summed E-state index contributed by atoms with van der Waals surface area (Å²) in [4.78, 5) is 22.6. The van der Waals surface area contributed by atoms with Gasteiger partial charge in [0.15, 0.2) is 0 Å². The Morgan fingerprint density at radius 3 is 2.21 bits per heavy atom. The molecular formula is C10H18N2O2. The van der Waals surface area contributed by atoms with Crippen molar-refractivity contribution in [1.29, 1.82) is 0 Å². The minimum absolute atomic E-state index is 0.0358. The molecule has 0 saturated heterocycles. The van der Waals surface area contributed by atoms with Crippen molar-refractivity contribution < 1.29 is 9.59 Å². The fourth-order valence-electron chi connectivity index (χ4n) is 1.66. The molecular weight excluding hydrogens is 180 g/mol. The van der Waals surface area contributed by atoms with Gasteiger partial charge in [0.05, 0.1) is 0 Å². The van der Waals surface area contributed by atoms with E-state index < -0.39 is 11.4 Å². The number of hydrogen-bond donors (Lipinski definition) is 2. The van der Waals surface area contributed by atoms with Crippen molar-refractivity contribution in [3.05, 3.63) is 0 Å². The molecule has 0 heterocycles. The first kappa shape index (κ1) is 11.0. The summed E-state index contributed by atoms with van der Waals surface area (Å²) in [6, 6.07) is 0. The second-order valence-electron chi connectivity index (χ2n) is 4.46. The molecule has 0 atom stereocenters. The Bertz CT molecular complexity index is 243. The second-order valence-corrected chi connectivity index (χ2v) is 4.46. The number of carbonyl (C=O) groups is 2. The normalized spacial score (nSPS) is 18.1. The molecule has 0 aromatic rings. The fourth-order valence-corrected chi connectivity index (χ4v) is 1.66. The SMILES string of the molecule is CC(C)(NC(=O)C1CCCC1)C(N)=O. The Balaban J connectivity index is 2.51. The molecule has 0 radical (unpaired) electrons. The molecule has 4 nitrogen and oxygen atoms in total. The third-order valence-electron chi connectivity index (χ3n) is 2.78. The molecule has 1 fully saturated rings. The van der Waals surface area contributed by atoms with Crippen LogP contribution in [0.25, 0.3) is 0 Å². The largest absolute Gasteiger partial charge is 0.368 e. The number of hydrogen-bond acceptors (Lipinski definition) is 2. The number of amides is 2. The molecule has 1 aliphatic rings. The van der Waals surface area contributed by atoms with Crippen LogP contribution in [0.1, 0.15) is 39.5 Å². The molecule has 4 heteroatoms. The highest BCUT2D eigenvalue weighted by Gasteiger charge is 2.31. The van der Waals surface area contributed by atoms with Gasteiger partial charge in [-0.1, -0.05) is 12.8 Å². The zero-order valence-electron chi connectivity index (χ0n) is 8.80. The van der Waals surface area contributed by atoms with Gasteiger partial charge in [0.2, 0.25) is 11.8 Å². The molecule has 14 heavy (non-hydrogen) atoms. The van der Waals surface area contributed by atoms with Crippen LogP contribution in [0.15, 0.2) is 0 Å². The minimum Gasteiger partial charge on any atom is -0.368 e. The maximum Gasteiger partial charge on any atom is 0.242 e. The lowest BCUT2D eigenvalue weighted by Gasteiger charge is -2.24. The molecule has 0 unspecified atom stereocenters. The lowest BCUT2D eigenvalue weighted by atomic mass is 10.0. The summed E-state index contributed by atoms with van der Waals surface area (Å²) < 4.78 is 0. The smallest absolute Gasteiger partial charge is 0.242 e. The van der Waals surface area contributed by atoms with Gasteiger partial charge in [-0.15, -0.1) is 0 Å². The predicted molar refractivity (Wildman–Crippen MR) is 53.4 cm³/mol. The molecule has 0 aliphatic heterocycles. The highest BCUT2D eigenvalue weighted by Crippen LogP contribution is 2.25. The van der Waals surface area contributed by atoms with Crippen molar-refractivity contribution in [3.63, 3.8) is 0 Å². The standard InChI is InChI=1S/C10H18N2O2/c1-10(2,9(11)14)12-8(13)7-5-3-4-6-7/h7H,3-6H2,1-2H3,(H2,11,14)(H,12,13). The van der Waals surface area contributed by atoms with Gasteiger partial charge in [-0.05, 0) is 26.7 Å². The monoisotopic (exact) mass is 198 g/mol. The van der Waals surface area contributed by atoms with Crippen LogP contribution >= 0.6 is 0 Å². The molecule has 2 amide bonds. The van der Waals surface area contributed by atoms with Gasteiger partial charge >= 0.3 is 0 Å². The first-order chi connectivity index (χ1) is 6.43. The number of nitrogens with one attached hydrogen (secondary N) is 1. The molecule has 1 rings (SSSR count). The second kappa shape index (κ2) is 3.98. The van der Waals surface area contributed by atoms with E-state index >= 15 is 0 Å². The third kappa shape index (κ3) is 2.47. The van der Waals surface area contributed by atoms with Gasteiger partial charge < -0.3 is 11.1 Å². The van der Waals surface area contributed by atoms with Crippen LogP contribution in [0.4, 0.5) is 0 Å². The first-order valence-electron chi connectivity index (χ1n) is 5.05. The van der Waals surface area contributed by atoms with E-state index in [1.807, 2.05) is 0 Å². The summed E-state index contributed by atoms with van der Waals surface area (Å²) in [5.74, 6) is -0.455. The average molecular weight is 198 g/mol. The number of rotatable bonds is 3. The molecule has 0 bridgehead atoms. The Kier molecular flexibility index (Phi) is 3.13. The summed E-state index contributed by atoms with van der Waals surface area (Å²) in [7, 11) is 0. The minimum atomic E-state index is -0.931. The molecule has 0 aromatic heterocycles. The van der Waals surface area contributed by atoms with E-state index in [0.29, 0.717) is 0 Å². The lowest BCUT2D eigenvalue weighted by Crippen LogP contribution is -2.54. The van der Waals surface area contributed by atoms with E-state index in [2.05, 4.69) is 5.32 Å². The van der Waals surface area contributed by atoms with E-state index in [-0.39, 0.29) is 11.8 Å². The summed E-state index contributed by atoms with van der Waals surface area (Å²) in [5.41, 5.74) is 4.23. The molecule has 3 N–H and O–H groups in total. The summed E-state index contributed by atoms with van der Waals surface area (Å²) >= 11 is 0. The zero-order chi connectivity index (χ0) is 10.8. The highest BCUT2D eigenvalue weighted by molar-refractivity contribution is 5.90. The van der Waals surface area contributed by atoms with Gasteiger partial charge in [0.25, 0.3) is 0 Å². The summed E-state index contributed by atoms with van der Waals surface area (Å²) in [5, 5.41) is 2.68. The van der Waals surface area contributed by atoms with E-state index in [1.54, 1.807) is 13.8 Å². The van der Waals surface area contributed by atoms with E-state index in [4.69, 9.17) is 5.73 Å². The van der Waals surface area contributed by atoms with Crippen LogP contribution in [0.5, 0.6) is 0 Å². The Labute approximate surface area is 84.2 Å². The maximum absolute atomic E-state index is 11.6. The van der Waals surface area contributed by atoms with Crippen LogP contribution in [0, 0.1) is 5.92 Å². The van der Waals surface area contributed by atoms with Crippen molar-refractivity contribution in [2.45, 2.75) is 45.1 Å². The average Bonchev–Trinajstić information content (AvgIpc) is 2.54. The van der Waals surface area contributed by atoms with Crippen molar-refractivity contribution in [2.24, 2.45) is 11.7 Å². The quantitative estimate of drug-likeness (QED) is 0.695. The van der Waals surface area contributed by atoms with E-state index in [1.165, 1.54) is 0 Å². The summed E-state index contributed by atoms with van der Waals surface area (Å²) in [6.07, 6.45) is 4.07. The van der Waals surface area contributed by atoms with Crippen LogP contribution in [-0.2, 0) is 9.59 Å². The third-order valence-corrected chi connectivity index (χ3v) is 2.78. The van der Waals surface area contributed by atoms with Crippen LogP contribution in [-0.4, -0.2) is 17.4 Å². The predicted octanol–water partition coefficient (Wildman–Crippen LogP) is 0.557. The zero-order valence-corrected chi connectivity index (χ0v) is 8.80. The molecule has 80 valence electrons. The maximum atomic E-state index is 11.6. The fraction of sp³-hybridized carbons (Fsp3) is 0.800. The molecule has 0 aromatic carbocycles. The Hall–Kier alpha value is -1.06. The topological polar surface area (TPSA) is 72.2 Å². The van der Waals surface area contributed by atoms with Gasteiger partial charge in [-0.3, -0.25) is 9.59 Å². The number of carbonyl (C=O) groups excluding carboxylic acids is 2. The van der Waals surface area contributed by atoms with Crippen LogP contribution < -0.4 is 11.1 Å². The van der Waals surface area contributed by atoms with Crippen molar-refractivity contribution in [1.82, 2.24) is 5.32 Å². The van der Waals surface area contributed by atoms with Crippen molar-refractivity contribution >= 4 is 11.8 Å². The Morgan fingerprint density at radius 1 is 1.29 bits per heavy atom. The van der Waals surface area contributed by atoms with E-state index in [0.717, 1.165) is 25.7 Å². The lowest BCUT2D eigenvalue weighted by molar-refractivity contribution is -0.132. The van der Waals surface area contributed by atoms with Crippen molar-refractivity contribution in [2.75, 3.05) is 0 Å². The van der Waals surface area contributed by atoms with Crippen LogP contribution in [0.3, 0.4) is 0 Å². The number of nitrogens with two attached hydrogens (primary N) is 1. The van der Waals surface area contributed by atoms with Crippen LogP contribution in [0.2, 0.25) is 0 Å². The summed E-state index contributed by atoms with van der Waals surface area (Å²) in [6.45, 7) is 3.25.